The van der Waals surface area contributed by atoms with Crippen LogP contribution in [0.1, 0.15) is 59.7 Å². The van der Waals surface area contributed by atoms with Gasteiger partial charge in [-0.2, -0.15) is 5.10 Å². The van der Waals surface area contributed by atoms with Crippen molar-refractivity contribution in [1.29, 1.82) is 0 Å². The van der Waals surface area contributed by atoms with Gasteiger partial charge in [-0.3, -0.25) is 19.8 Å². The molecule has 0 bridgehead atoms. The van der Waals surface area contributed by atoms with Gasteiger partial charge in [0, 0.05) is 29.7 Å². The molecule has 3 aliphatic rings. The van der Waals surface area contributed by atoms with Crippen LogP contribution in [0, 0.1) is 0 Å². The number of piperidine rings is 1. The summed E-state index contributed by atoms with van der Waals surface area (Å²) in [6.45, 7) is 3.30. The van der Waals surface area contributed by atoms with Crippen LogP contribution in [0.3, 0.4) is 0 Å². The zero-order valence-electron chi connectivity index (χ0n) is 20.2. The number of pyridine rings is 1. The first-order valence-corrected chi connectivity index (χ1v) is 12.9. The number of hydrogen-bond donors (Lipinski definition) is 2. The molecule has 6 heteroatoms. The first-order valence-electron chi connectivity index (χ1n) is 12.9. The predicted octanol–water partition coefficient (Wildman–Crippen LogP) is 5.49. The van der Waals surface area contributed by atoms with Gasteiger partial charge in [0.1, 0.15) is 0 Å². The number of nitrogens with zero attached hydrogens (tertiary/aromatic N) is 3. The lowest BCUT2D eigenvalue weighted by Crippen LogP contribution is -2.29. The third-order valence-electron chi connectivity index (χ3n) is 8.16. The summed E-state index contributed by atoms with van der Waals surface area (Å²) in [6.07, 6.45) is 10.8. The van der Waals surface area contributed by atoms with E-state index in [0.29, 0.717) is 0 Å². The number of carbonyl (C=O) groups excluding carboxylic acids is 1. The fraction of sp³-hybridized carbons (Fsp3) is 0.300. The molecule has 6 nitrogen and oxygen atoms in total. The van der Waals surface area contributed by atoms with Crippen LogP contribution in [0.25, 0.3) is 23.1 Å². The molecule has 2 unspecified atom stereocenters. The molecule has 7 rings (SSSR count). The Labute approximate surface area is 210 Å². The second-order valence-electron chi connectivity index (χ2n) is 10.4. The molecule has 4 aromatic rings. The molecule has 2 N–H and O–H groups in total. The molecule has 2 aromatic heterocycles. The quantitative estimate of drug-likeness (QED) is 0.400. The van der Waals surface area contributed by atoms with Gasteiger partial charge >= 0.3 is 0 Å². The Morgan fingerprint density at radius 3 is 2.78 bits per heavy atom. The normalized spacial score (nSPS) is 23.4. The first-order chi connectivity index (χ1) is 17.7. The van der Waals surface area contributed by atoms with E-state index in [4.69, 9.17) is 0 Å². The standard InChI is InChI=1S/C30H29N5O/c36-29-30(24-6-2-3-7-27(24)32-29)17-25(30)21-10-12-23-26(33-34-28(23)16-21)13-9-20-8-11-22(31-18-20)19-35-14-4-1-5-15-35/h2-3,6-13,16,18,25H,1,4-5,14-15,17,19H2,(H,32,36)(H,33,34)/b13-9+. The number of H-pyrrole nitrogens is 1. The number of fused-ring (bicyclic) bond motifs is 3. The summed E-state index contributed by atoms with van der Waals surface area (Å²) in [7, 11) is 0. The molecule has 2 fully saturated rings. The van der Waals surface area contributed by atoms with Gasteiger partial charge in [0.25, 0.3) is 0 Å². The van der Waals surface area contributed by atoms with Crippen molar-refractivity contribution in [2.45, 2.75) is 43.6 Å². The van der Waals surface area contributed by atoms with Gasteiger partial charge in [-0.1, -0.05) is 48.9 Å². The van der Waals surface area contributed by atoms with E-state index in [-0.39, 0.29) is 11.8 Å². The Morgan fingerprint density at radius 1 is 1.03 bits per heavy atom. The number of rotatable bonds is 5. The Kier molecular flexibility index (Phi) is 5.03. The van der Waals surface area contributed by atoms with Crippen LogP contribution >= 0.6 is 0 Å². The summed E-state index contributed by atoms with van der Waals surface area (Å²) < 4.78 is 0. The van der Waals surface area contributed by atoms with Crippen molar-refractivity contribution in [3.05, 3.63) is 88.9 Å². The van der Waals surface area contributed by atoms with Crippen molar-refractivity contribution < 1.29 is 4.79 Å². The van der Waals surface area contributed by atoms with Crippen molar-refractivity contribution in [3.8, 4) is 0 Å². The van der Waals surface area contributed by atoms with Crippen molar-refractivity contribution in [2.24, 2.45) is 0 Å². The molecular formula is C30H29N5O. The van der Waals surface area contributed by atoms with Crippen LogP contribution in [-0.2, 0) is 16.8 Å². The summed E-state index contributed by atoms with van der Waals surface area (Å²) in [5.74, 6) is 0.319. The van der Waals surface area contributed by atoms with Crippen LogP contribution in [0.15, 0.2) is 60.8 Å². The first kappa shape index (κ1) is 21.5. The molecule has 2 aromatic carbocycles. The van der Waals surface area contributed by atoms with E-state index < -0.39 is 5.41 Å². The van der Waals surface area contributed by atoms with Crippen LogP contribution in [-0.4, -0.2) is 39.1 Å². The van der Waals surface area contributed by atoms with Gasteiger partial charge in [0.2, 0.25) is 5.91 Å². The fourth-order valence-corrected chi connectivity index (χ4v) is 6.10. The van der Waals surface area contributed by atoms with E-state index in [9.17, 15) is 4.79 Å². The predicted molar refractivity (Wildman–Crippen MR) is 142 cm³/mol. The van der Waals surface area contributed by atoms with Gasteiger partial charge in [0.15, 0.2) is 0 Å². The van der Waals surface area contributed by atoms with Crippen molar-refractivity contribution in [2.75, 3.05) is 18.4 Å². The maximum absolute atomic E-state index is 12.9. The number of para-hydroxylation sites is 1. The third kappa shape index (κ3) is 3.56. The number of nitrogens with one attached hydrogen (secondary N) is 2. The summed E-state index contributed by atoms with van der Waals surface area (Å²) in [6, 6.07) is 18.8. The minimum atomic E-state index is -0.416. The van der Waals surface area contributed by atoms with Crippen molar-refractivity contribution in [1.82, 2.24) is 20.1 Å². The lowest BCUT2D eigenvalue weighted by atomic mass is 9.92. The third-order valence-corrected chi connectivity index (χ3v) is 8.16. The zero-order valence-corrected chi connectivity index (χ0v) is 20.2. The molecule has 2 aliphatic heterocycles. The molecule has 2 atom stereocenters. The van der Waals surface area contributed by atoms with Gasteiger partial charge in [-0.05, 0) is 73.3 Å². The highest BCUT2D eigenvalue weighted by Gasteiger charge is 2.65. The molecule has 1 spiro atoms. The average molecular weight is 476 g/mol. The summed E-state index contributed by atoms with van der Waals surface area (Å²) in [4.78, 5) is 20.0. The summed E-state index contributed by atoms with van der Waals surface area (Å²) in [5, 5.41) is 11.9. The van der Waals surface area contributed by atoms with Gasteiger partial charge in [-0.25, -0.2) is 0 Å². The van der Waals surface area contributed by atoms with Crippen molar-refractivity contribution >= 4 is 34.6 Å². The average Bonchev–Trinajstić information content (AvgIpc) is 3.45. The molecule has 0 radical (unpaired) electrons. The second kappa shape index (κ2) is 8.42. The van der Waals surface area contributed by atoms with Crippen LogP contribution in [0.2, 0.25) is 0 Å². The molecule has 4 heterocycles. The van der Waals surface area contributed by atoms with E-state index >= 15 is 0 Å². The Morgan fingerprint density at radius 2 is 1.92 bits per heavy atom. The number of likely N-dealkylation sites (tertiary alicyclic amines) is 1. The minimum absolute atomic E-state index is 0.123. The number of anilines is 1. The van der Waals surface area contributed by atoms with Crippen LogP contribution in [0.5, 0.6) is 0 Å². The molecule has 1 saturated carbocycles. The highest BCUT2D eigenvalue weighted by molar-refractivity contribution is 6.09. The zero-order chi connectivity index (χ0) is 24.1. The number of hydrogen-bond acceptors (Lipinski definition) is 4. The SMILES string of the molecule is O=C1Nc2ccccc2C12CC2c1ccc2c(/C=C/c3ccc(CN4CCCCC4)nc3)n[nH]c2c1. The number of aromatic amines is 1. The van der Waals surface area contributed by atoms with E-state index in [1.807, 2.05) is 30.5 Å². The molecular weight excluding hydrogens is 446 g/mol. The topological polar surface area (TPSA) is 73.9 Å². The lowest BCUT2D eigenvalue weighted by molar-refractivity contribution is -0.118. The van der Waals surface area contributed by atoms with E-state index in [2.05, 4.69) is 67.9 Å². The minimum Gasteiger partial charge on any atom is -0.325 e. The number of amides is 1. The molecule has 36 heavy (non-hydrogen) atoms. The van der Waals surface area contributed by atoms with Crippen LogP contribution in [0.4, 0.5) is 5.69 Å². The maximum Gasteiger partial charge on any atom is 0.235 e. The van der Waals surface area contributed by atoms with Crippen molar-refractivity contribution in [3.63, 3.8) is 0 Å². The van der Waals surface area contributed by atoms with Crippen LogP contribution < -0.4 is 5.32 Å². The van der Waals surface area contributed by atoms with Gasteiger partial charge in [0.05, 0.1) is 22.3 Å². The number of benzene rings is 2. The molecule has 1 saturated heterocycles. The number of aromatic nitrogens is 3. The number of carbonyl (C=O) groups is 1. The molecule has 1 aliphatic carbocycles. The van der Waals surface area contributed by atoms with E-state index in [1.54, 1.807) is 0 Å². The Bertz CT molecular complexity index is 1480. The monoisotopic (exact) mass is 475 g/mol. The Hall–Kier alpha value is -3.77. The van der Waals surface area contributed by atoms with Gasteiger partial charge < -0.3 is 5.32 Å². The lowest BCUT2D eigenvalue weighted by Gasteiger charge is -2.25. The van der Waals surface area contributed by atoms with E-state index in [1.165, 1.54) is 37.9 Å². The highest BCUT2D eigenvalue weighted by atomic mass is 16.2. The summed E-state index contributed by atoms with van der Waals surface area (Å²) in [5.41, 5.74) is 6.94. The largest absolute Gasteiger partial charge is 0.325 e. The fourth-order valence-electron chi connectivity index (χ4n) is 6.10. The smallest absolute Gasteiger partial charge is 0.235 e. The molecule has 1 amide bonds. The highest BCUT2D eigenvalue weighted by Crippen LogP contribution is 2.64. The van der Waals surface area contributed by atoms with Gasteiger partial charge in [-0.15, -0.1) is 0 Å². The second-order valence-corrected chi connectivity index (χ2v) is 10.4. The Balaban J connectivity index is 1.08. The maximum atomic E-state index is 12.9. The van der Waals surface area contributed by atoms with E-state index in [0.717, 1.165) is 52.1 Å². The molecule has 180 valence electrons. The summed E-state index contributed by atoms with van der Waals surface area (Å²) >= 11 is 0.